The van der Waals surface area contributed by atoms with Crippen LogP contribution in [0.5, 0.6) is 0 Å². The minimum absolute atomic E-state index is 0.447. The van der Waals surface area contributed by atoms with E-state index in [9.17, 15) is 0 Å². The number of fused-ring (bicyclic) bond motifs is 1. The fraction of sp³-hybridized carbons (Fsp3) is 0.667. The highest BCUT2D eigenvalue weighted by molar-refractivity contribution is 7.17. The normalized spacial score (nSPS) is 26.7. The lowest BCUT2D eigenvalue weighted by molar-refractivity contribution is 0.0808. The minimum atomic E-state index is 0.447. The summed E-state index contributed by atoms with van der Waals surface area (Å²) in [7, 11) is 0. The summed E-state index contributed by atoms with van der Waals surface area (Å²) in [6.07, 6.45) is 6.49. The predicted octanol–water partition coefficient (Wildman–Crippen LogP) is 2.67. The highest BCUT2D eigenvalue weighted by Gasteiger charge is 2.40. The van der Waals surface area contributed by atoms with Gasteiger partial charge in [-0.25, -0.2) is 4.98 Å². The fourth-order valence-electron chi connectivity index (χ4n) is 3.27. The maximum absolute atomic E-state index is 5.90. The van der Waals surface area contributed by atoms with Crippen LogP contribution in [0.2, 0.25) is 0 Å². The largest absolute Gasteiger partial charge is 0.376 e. The predicted molar refractivity (Wildman–Crippen MR) is 80.3 cm³/mol. The van der Waals surface area contributed by atoms with Gasteiger partial charge in [0.05, 0.1) is 17.5 Å². The van der Waals surface area contributed by atoms with Crippen molar-refractivity contribution in [1.82, 2.24) is 14.7 Å². The lowest BCUT2D eigenvalue weighted by atomic mass is 10.1. The van der Waals surface area contributed by atoms with Crippen LogP contribution in [0.4, 0.5) is 0 Å². The van der Waals surface area contributed by atoms with E-state index in [0.717, 1.165) is 36.1 Å². The van der Waals surface area contributed by atoms with E-state index in [4.69, 9.17) is 4.74 Å². The number of hydrogen-bond donors (Lipinski definition) is 1. The molecule has 2 aromatic heterocycles. The van der Waals surface area contributed by atoms with Gasteiger partial charge in [-0.15, -0.1) is 11.3 Å². The zero-order valence-electron chi connectivity index (χ0n) is 12.1. The Kier molecular flexibility index (Phi) is 3.09. The van der Waals surface area contributed by atoms with Crippen LogP contribution >= 0.6 is 11.3 Å². The van der Waals surface area contributed by atoms with Gasteiger partial charge in [0.2, 0.25) is 0 Å². The second-order valence-corrected chi connectivity index (χ2v) is 7.30. The zero-order chi connectivity index (χ0) is 13.7. The Labute approximate surface area is 123 Å². The van der Waals surface area contributed by atoms with E-state index in [2.05, 4.69) is 34.7 Å². The third-order valence-corrected chi connectivity index (χ3v) is 5.39. The van der Waals surface area contributed by atoms with E-state index in [-0.39, 0.29) is 0 Å². The number of aryl methyl sites for hydroxylation is 2. The smallest absolute Gasteiger partial charge is 0.194 e. The average molecular weight is 291 g/mol. The number of nitrogens with zero attached hydrogens (tertiary/aromatic N) is 2. The molecular formula is C15H21N3OS. The molecule has 1 aliphatic heterocycles. The molecule has 5 heteroatoms. The van der Waals surface area contributed by atoms with Gasteiger partial charge in [0, 0.05) is 30.3 Å². The summed E-state index contributed by atoms with van der Waals surface area (Å²) < 4.78 is 8.14. The van der Waals surface area contributed by atoms with E-state index in [0.29, 0.717) is 12.1 Å². The summed E-state index contributed by atoms with van der Waals surface area (Å²) in [6, 6.07) is 0.521. The first kappa shape index (κ1) is 12.8. The third kappa shape index (κ3) is 2.18. The second kappa shape index (κ2) is 4.83. The highest BCUT2D eigenvalue weighted by atomic mass is 32.1. The Balaban J connectivity index is 1.51. The summed E-state index contributed by atoms with van der Waals surface area (Å²) in [6.45, 7) is 6.05. The molecule has 2 unspecified atom stereocenters. The molecular weight excluding hydrogens is 270 g/mol. The Hall–Kier alpha value is -0.910. The molecule has 4 rings (SSSR count). The molecule has 2 atom stereocenters. The fourth-order valence-corrected chi connectivity index (χ4v) is 4.16. The Morgan fingerprint density at radius 2 is 2.25 bits per heavy atom. The monoisotopic (exact) mass is 291 g/mol. The summed E-state index contributed by atoms with van der Waals surface area (Å²) in [5.74, 6) is 0.810. The van der Waals surface area contributed by atoms with Crippen molar-refractivity contribution >= 4 is 16.3 Å². The van der Waals surface area contributed by atoms with Crippen molar-refractivity contribution in [3.8, 4) is 0 Å². The van der Waals surface area contributed by atoms with Gasteiger partial charge in [-0.1, -0.05) is 0 Å². The first-order chi connectivity index (χ1) is 9.72. The minimum Gasteiger partial charge on any atom is -0.376 e. The van der Waals surface area contributed by atoms with Gasteiger partial charge in [0.25, 0.3) is 0 Å². The highest BCUT2D eigenvalue weighted by Crippen LogP contribution is 2.38. The van der Waals surface area contributed by atoms with Gasteiger partial charge >= 0.3 is 0 Å². The van der Waals surface area contributed by atoms with Crippen molar-refractivity contribution in [2.45, 2.75) is 51.8 Å². The first-order valence-electron chi connectivity index (χ1n) is 7.51. The van der Waals surface area contributed by atoms with Crippen LogP contribution in [-0.4, -0.2) is 28.1 Å². The number of aromatic nitrogens is 2. The lowest BCUT2D eigenvalue weighted by Crippen LogP contribution is -2.37. The molecule has 1 aliphatic carbocycles. The molecule has 0 radical (unpaired) electrons. The number of ether oxygens (including phenoxy) is 1. The van der Waals surface area contributed by atoms with E-state index >= 15 is 0 Å². The van der Waals surface area contributed by atoms with Crippen molar-refractivity contribution in [1.29, 1.82) is 0 Å². The SMILES string of the molecule is Cc1cn2c(CNC3CCOC3C3CC3)c(C)nc2s1. The molecule has 20 heavy (non-hydrogen) atoms. The number of rotatable bonds is 4. The number of imidazole rings is 1. The molecule has 0 bridgehead atoms. The van der Waals surface area contributed by atoms with Gasteiger partial charge in [-0.3, -0.25) is 4.40 Å². The maximum Gasteiger partial charge on any atom is 0.194 e. The van der Waals surface area contributed by atoms with Crippen molar-refractivity contribution in [2.24, 2.45) is 5.92 Å². The third-order valence-electron chi connectivity index (χ3n) is 4.50. The molecule has 0 spiro atoms. The van der Waals surface area contributed by atoms with Gasteiger partial charge in [0.1, 0.15) is 0 Å². The summed E-state index contributed by atoms with van der Waals surface area (Å²) in [4.78, 5) is 7.08. The van der Waals surface area contributed by atoms with E-state index < -0.39 is 0 Å². The summed E-state index contributed by atoms with van der Waals surface area (Å²) in [5, 5.41) is 3.72. The Morgan fingerprint density at radius 1 is 1.40 bits per heavy atom. The first-order valence-corrected chi connectivity index (χ1v) is 8.33. The van der Waals surface area contributed by atoms with Crippen LogP contribution in [-0.2, 0) is 11.3 Å². The molecule has 2 fully saturated rings. The molecule has 0 amide bonds. The lowest BCUT2D eigenvalue weighted by Gasteiger charge is -2.19. The number of hydrogen-bond acceptors (Lipinski definition) is 4. The maximum atomic E-state index is 5.90. The van der Waals surface area contributed by atoms with Crippen LogP contribution in [0.25, 0.3) is 4.96 Å². The molecule has 1 saturated carbocycles. The summed E-state index contributed by atoms with van der Waals surface area (Å²) >= 11 is 1.76. The van der Waals surface area contributed by atoms with Crippen LogP contribution in [0.3, 0.4) is 0 Å². The van der Waals surface area contributed by atoms with Crippen molar-refractivity contribution in [3.63, 3.8) is 0 Å². The van der Waals surface area contributed by atoms with Gasteiger partial charge < -0.3 is 10.1 Å². The summed E-state index contributed by atoms with van der Waals surface area (Å²) in [5.41, 5.74) is 2.44. The van der Waals surface area contributed by atoms with Crippen molar-refractivity contribution in [3.05, 3.63) is 22.5 Å². The van der Waals surface area contributed by atoms with Crippen LogP contribution in [0.15, 0.2) is 6.20 Å². The van der Waals surface area contributed by atoms with E-state index in [1.807, 2.05) is 0 Å². The van der Waals surface area contributed by atoms with Crippen molar-refractivity contribution in [2.75, 3.05) is 6.61 Å². The number of thiazole rings is 1. The molecule has 1 N–H and O–H groups in total. The quantitative estimate of drug-likeness (QED) is 0.941. The van der Waals surface area contributed by atoms with E-state index in [1.54, 1.807) is 11.3 Å². The molecule has 2 aromatic rings. The topological polar surface area (TPSA) is 38.6 Å². The molecule has 108 valence electrons. The molecule has 3 heterocycles. The number of nitrogens with one attached hydrogen (secondary N) is 1. The van der Waals surface area contributed by atoms with E-state index in [1.165, 1.54) is 23.4 Å². The van der Waals surface area contributed by atoms with Gasteiger partial charge in [-0.05, 0) is 39.0 Å². The van der Waals surface area contributed by atoms with Crippen molar-refractivity contribution < 1.29 is 4.74 Å². The van der Waals surface area contributed by atoms with Gasteiger partial charge in [-0.2, -0.15) is 0 Å². The van der Waals surface area contributed by atoms with Crippen LogP contribution < -0.4 is 5.32 Å². The Bertz CT molecular complexity index is 628. The molecule has 0 aromatic carbocycles. The molecule has 2 aliphatic rings. The average Bonchev–Trinajstić information content (AvgIpc) is 2.94. The van der Waals surface area contributed by atoms with Gasteiger partial charge in [0.15, 0.2) is 4.96 Å². The Morgan fingerprint density at radius 3 is 3.05 bits per heavy atom. The van der Waals surface area contributed by atoms with Crippen LogP contribution in [0, 0.1) is 19.8 Å². The standard InChI is InChI=1S/C15H21N3OS/c1-9-8-18-13(10(2)17-15(18)20-9)7-16-12-5-6-19-14(12)11-3-4-11/h8,11-12,14,16H,3-7H2,1-2H3. The second-order valence-electron chi connectivity index (χ2n) is 6.09. The molecule has 4 nitrogen and oxygen atoms in total. The van der Waals surface area contributed by atoms with Crippen LogP contribution in [0.1, 0.15) is 35.5 Å². The molecule has 1 saturated heterocycles. The zero-order valence-corrected chi connectivity index (χ0v) is 12.9.